The Bertz CT molecular complexity index is 949. The highest BCUT2D eigenvalue weighted by Gasteiger charge is 2.12. The minimum Gasteiger partial charge on any atom is -0.490 e. The molecule has 2 heterocycles. The number of benzene rings is 1. The molecule has 0 saturated carbocycles. The van der Waals surface area contributed by atoms with Crippen LogP contribution in [0.2, 0.25) is 0 Å². The first kappa shape index (κ1) is 19.7. The molecule has 0 bridgehead atoms. The van der Waals surface area contributed by atoms with Crippen LogP contribution in [0, 0.1) is 6.92 Å². The Morgan fingerprint density at radius 3 is 2.57 bits per heavy atom. The summed E-state index contributed by atoms with van der Waals surface area (Å²) in [5, 5.41) is 2.93. The normalized spacial score (nSPS) is 10.8. The van der Waals surface area contributed by atoms with E-state index >= 15 is 0 Å². The fourth-order valence-corrected chi connectivity index (χ4v) is 2.90. The van der Waals surface area contributed by atoms with Crippen molar-refractivity contribution in [1.29, 1.82) is 0 Å². The molecule has 0 saturated heterocycles. The summed E-state index contributed by atoms with van der Waals surface area (Å²) in [6, 6.07) is 9.45. The molecule has 6 heteroatoms. The molecule has 3 rings (SSSR count). The lowest BCUT2D eigenvalue weighted by Crippen LogP contribution is -2.14. The monoisotopic (exact) mass is 381 g/mol. The van der Waals surface area contributed by atoms with E-state index in [0.29, 0.717) is 30.4 Å². The molecule has 0 radical (unpaired) electrons. The molecular weight excluding hydrogens is 354 g/mol. The van der Waals surface area contributed by atoms with Gasteiger partial charge in [0.1, 0.15) is 5.65 Å². The van der Waals surface area contributed by atoms with Crippen LogP contribution in [-0.4, -0.2) is 28.5 Å². The number of nitrogens with zero attached hydrogens (tertiary/aromatic N) is 2. The number of aryl methyl sites for hydroxylation is 1. The highest BCUT2D eigenvalue weighted by molar-refractivity contribution is 5.92. The quantitative estimate of drug-likeness (QED) is 0.597. The number of hydrogen-bond donors (Lipinski definition) is 1. The number of amides is 1. The van der Waals surface area contributed by atoms with Crippen molar-refractivity contribution < 1.29 is 14.3 Å². The fourth-order valence-electron chi connectivity index (χ4n) is 2.90. The molecule has 0 unspecified atom stereocenters. The summed E-state index contributed by atoms with van der Waals surface area (Å²) in [7, 11) is 0. The van der Waals surface area contributed by atoms with Gasteiger partial charge in [-0.1, -0.05) is 19.9 Å². The molecule has 28 heavy (non-hydrogen) atoms. The van der Waals surface area contributed by atoms with Gasteiger partial charge in [-0.15, -0.1) is 0 Å². The zero-order valence-corrected chi connectivity index (χ0v) is 16.7. The van der Waals surface area contributed by atoms with Gasteiger partial charge in [-0.25, -0.2) is 4.98 Å². The molecule has 0 aliphatic carbocycles. The molecule has 2 aromatic heterocycles. The van der Waals surface area contributed by atoms with Crippen LogP contribution in [0.4, 0.5) is 5.69 Å². The number of carbonyl (C=O) groups is 1. The van der Waals surface area contributed by atoms with Gasteiger partial charge in [0, 0.05) is 24.1 Å². The van der Waals surface area contributed by atoms with Crippen LogP contribution < -0.4 is 14.8 Å². The van der Waals surface area contributed by atoms with Gasteiger partial charge in [-0.2, -0.15) is 0 Å². The Hall–Kier alpha value is -3.02. The minimum atomic E-state index is -0.121. The van der Waals surface area contributed by atoms with E-state index in [9.17, 15) is 4.79 Å². The number of pyridine rings is 1. The lowest BCUT2D eigenvalue weighted by atomic mass is 10.2. The number of rotatable bonds is 9. The van der Waals surface area contributed by atoms with Crippen LogP contribution in [0.1, 0.15) is 37.9 Å². The van der Waals surface area contributed by atoms with E-state index in [-0.39, 0.29) is 12.3 Å². The smallest absolute Gasteiger partial charge is 0.230 e. The van der Waals surface area contributed by atoms with E-state index in [2.05, 4.69) is 24.1 Å². The molecule has 0 spiro atoms. The van der Waals surface area contributed by atoms with Crippen LogP contribution >= 0.6 is 0 Å². The van der Waals surface area contributed by atoms with Crippen LogP contribution in [-0.2, 0) is 11.2 Å². The van der Waals surface area contributed by atoms with Gasteiger partial charge in [-0.3, -0.25) is 4.79 Å². The standard InChI is InChI=1S/C22H27N3O3/c1-4-11-27-19-9-8-17(13-20(19)28-12-5-2)23-21(26)14-18-15-25-10-6-7-16(3)22(25)24-18/h6-10,13,15H,4-5,11-12,14H2,1-3H3,(H,23,26). The first-order valence-electron chi connectivity index (χ1n) is 9.73. The third-order valence-electron chi connectivity index (χ3n) is 4.22. The first-order chi connectivity index (χ1) is 13.6. The van der Waals surface area contributed by atoms with Crippen molar-refractivity contribution in [3.05, 3.63) is 54.0 Å². The molecule has 6 nitrogen and oxygen atoms in total. The maximum absolute atomic E-state index is 12.5. The molecule has 0 atom stereocenters. The van der Waals surface area contributed by atoms with Gasteiger partial charge in [-0.05, 0) is 43.5 Å². The third-order valence-corrected chi connectivity index (χ3v) is 4.22. The average Bonchev–Trinajstić information content (AvgIpc) is 3.09. The van der Waals surface area contributed by atoms with E-state index in [1.165, 1.54) is 0 Å². The van der Waals surface area contributed by atoms with Crippen molar-refractivity contribution in [2.75, 3.05) is 18.5 Å². The second-order valence-corrected chi connectivity index (χ2v) is 6.74. The minimum absolute atomic E-state index is 0.121. The largest absolute Gasteiger partial charge is 0.490 e. The highest BCUT2D eigenvalue weighted by atomic mass is 16.5. The third kappa shape index (κ3) is 4.82. The zero-order chi connectivity index (χ0) is 19.9. The van der Waals surface area contributed by atoms with Crippen molar-refractivity contribution >= 4 is 17.2 Å². The van der Waals surface area contributed by atoms with E-state index in [4.69, 9.17) is 9.47 Å². The maximum atomic E-state index is 12.5. The van der Waals surface area contributed by atoms with E-state index in [0.717, 1.165) is 29.7 Å². The number of ether oxygens (including phenoxy) is 2. The van der Waals surface area contributed by atoms with Gasteiger partial charge < -0.3 is 19.2 Å². The SMILES string of the molecule is CCCOc1ccc(NC(=O)Cc2cn3cccc(C)c3n2)cc1OCCC. The Kier molecular flexibility index (Phi) is 6.53. The summed E-state index contributed by atoms with van der Waals surface area (Å²) >= 11 is 0. The van der Waals surface area contributed by atoms with Crippen molar-refractivity contribution in [2.24, 2.45) is 0 Å². The summed E-state index contributed by atoms with van der Waals surface area (Å²) in [4.78, 5) is 17.1. The Labute approximate surface area is 165 Å². The van der Waals surface area contributed by atoms with Crippen LogP contribution in [0.3, 0.4) is 0 Å². The predicted molar refractivity (Wildman–Crippen MR) is 110 cm³/mol. The van der Waals surface area contributed by atoms with Gasteiger partial charge in [0.2, 0.25) is 5.91 Å². The van der Waals surface area contributed by atoms with Crippen molar-refractivity contribution in [2.45, 2.75) is 40.0 Å². The molecule has 148 valence electrons. The number of hydrogen-bond acceptors (Lipinski definition) is 4. The van der Waals surface area contributed by atoms with Crippen molar-refractivity contribution in [3.8, 4) is 11.5 Å². The number of carbonyl (C=O) groups excluding carboxylic acids is 1. The topological polar surface area (TPSA) is 64.9 Å². The van der Waals surface area contributed by atoms with Gasteiger partial charge in [0.05, 0.1) is 25.3 Å². The molecule has 0 fully saturated rings. The molecule has 3 aromatic rings. The maximum Gasteiger partial charge on any atom is 0.230 e. The first-order valence-corrected chi connectivity index (χ1v) is 9.73. The summed E-state index contributed by atoms with van der Waals surface area (Å²) < 4.78 is 13.5. The summed E-state index contributed by atoms with van der Waals surface area (Å²) in [6.45, 7) is 7.34. The highest BCUT2D eigenvalue weighted by Crippen LogP contribution is 2.31. The van der Waals surface area contributed by atoms with Gasteiger partial charge in [0.15, 0.2) is 11.5 Å². The molecule has 1 aromatic carbocycles. The van der Waals surface area contributed by atoms with Gasteiger partial charge in [0.25, 0.3) is 0 Å². The molecule has 0 aliphatic rings. The van der Waals surface area contributed by atoms with Crippen molar-refractivity contribution in [3.63, 3.8) is 0 Å². The lowest BCUT2D eigenvalue weighted by molar-refractivity contribution is -0.115. The van der Waals surface area contributed by atoms with E-state index in [1.54, 1.807) is 0 Å². The number of imidazole rings is 1. The zero-order valence-electron chi connectivity index (χ0n) is 16.7. The second-order valence-electron chi connectivity index (χ2n) is 6.74. The Morgan fingerprint density at radius 1 is 1.11 bits per heavy atom. The average molecular weight is 381 g/mol. The summed E-state index contributed by atoms with van der Waals surface area (Å²) in [6.07, 6.45) is 5.85. The van der Waals surface area contributed by atoms with E-state index in [1.807, 2.05) is 54.0 Å². The molecular formula is C22H27N3O3. The number of nitrogens with one attached hydrogen (secondary N) is 1. The molecule has 1 amide bonds. The predicted octanol–water partition coefficient (Wildman–Crippen LogP) is 4.40. The number of aromatic nitrogens is 2. The van der Waals surface area contributed by atoms with Crippen molar-refractivity contribution in [1.82, 2.24) is 9.38 Å². The lowest BCUT2D eigenvalue weighted by Gasteiger charge is -2.14. The Morgan fingerprint density at radius 2 is 1.86 bits per heavy atom. The van der Waals surface area contributed by atoms with Crippen LogP contribution in [0.5, 0.6) is 11.5 Å². The number of fused-ring (bicyclic) bond motifs is 1. The van der Waals surface area contributed by atoms with Crippen LogP contribution in [0.25, 0.3) is 5.65 Å². The van der Waals surface area contributed by atoms with E-state index < -0.39 is 0 Å². The van der Waals surface area contributed by atoms with Crippen LogP contribution in [0.15, 0.2) is 42.7 Å². The van der Waals surface area contributed by atoms with Gasteiger partial charge >= 0.3 is 0 Å². The second kappa shape index (κ2) is 9.26. The Balaban J connectivity index is 1.70. The molecule has 1 N–H and O–H groups in total. The summed E-state index contributed by atoms with van der Waals surface area (Å²) in [5.41, 5.74) is 3.37. The fraction of sp³-hybridized carbons (Fsp3) is 0.364. The molecule has 0 aliphatic heterocycles. The summed E-state index contributed by atoms with van der Waals surface area (Å²) in [5.74, 6) is 1.23. The number of anilines is 1.